The normalized spacial score (nSPS) is 22.2. The van der Waals surface area contributed by atoms with E-state index >= 15 is 0 Å². The first-order valence-electron chi connectivity index (χ1n) is 10.0. The number of nitrogens with two attached hydrogens (primary N) is 1. The van der Waals surface area contributed by atoms with Gasteiger partial charge in [0.05, 0.1) is 28.5 Å². The van der Waals surface area contributed by atoms with Crippen molar-refractivity contribution < 1.29 is 19.1 Å². The van der Waals surface area contributed by atoms with Crippen molar-refractivity contribution in [3.63, 3.8) is 0 Å². The Morgan fingerprint density at radius 1 is 1.34 bits per heavy atom. The van der Waals surface area contributed by atoms with Crippen LogP contribution in [0.4, 0.5) is 10.5 Å². The van der Waals surface area contributed by atoms with Crippen LogP contribution in [0.15, 0.2) is 28.1 Å². The molecule has 3 aromatic heterocycles. The number of thioether (sulfide) groups is 1. The summed E-state index contributed by atoms with van der Waals surface area (Å²) in [6.45, 7) is 5.90. The zero-order valence-electron chi connectivity index (χ0n) is 18.2. The Bertz CT molecular complexity index is 1200. The van der Waals surface area contributed by atoms with Crippen molar-refractivity contribution in [1.82, 2.24) is 25.1 Å². The Morgan fingerprint density at radius 2 is 2.09 bits per heavy atom. The first-order chi connectivity index (χ1) is 15.1. The number of carbonyl (C=O) groups excluding carboxylic acids is 1. The Balaban J connectivity index is 1.76. The molecule has 0 spiro atoms. The minimum Gasteiger partial charge on any atom is -0.465 e. The molecule has 1 aliphatic rings. The van der Waals surface area contributed by atoms with Crippen molar-refractivity contribution in [2.45, 2.75) is 50.4 Å². The number of nitrogens with zero attached hydrogens (tertiary/aromatic N) is 4. The van der Waals surface area contributed by atoms with E-state index in [4.69, 9.17) is 10.2 Å². The highest BCUT2D eigenvalue weighted by Gasteiger charge is 2.52. The van der Waals surface area contributed by atoms with Crippen LogP contribution in [0.25, 0.3) is 17.0 Å². The Hall–Kier alpha value is -3.28. The van der Waals surface area contributed by atoms with Crippen LogP contribution < -0.4 is 16.4 Å². The second-order valence-corrected chi connectivity index (χ2v) is 9.41. The highest BCUT2D eigenvalue weighted by molar-refractivity contribution is 7.98. The van der Waals surface area contributed by atoms with Gasteiger partial charge < -0.3 is 25.9 Å². The molecule has 170 valence electrons. The maximum Gasteiger partial charge on any atom is 0.405 e. The van der Waals surface area contributed by atoms with E-state index in [9.17, 15) is 14.7 Å². The number of carbonyl (C=O) groups is 2. The van der Waals surface area contributed by atoms with Crippen molar-refractivity contribution in [2.24, 2.45) is 11.1 Å². The summed E-state index contributed by atoms with van der Waals surface area (Å²) in [7, 11) is 0. The summed E-state index contributed by atoms with van der Waals surface area (Å²) in [5.41, 5.74) is 6.58. The van der Waals surface area contributed by atoms with Gasteiger partial charge in [0.25, 0.3) is 11.1 Å². The highest BCUT2D eigenvalue weighted by Crippen LogP contribution is 2.47. The van der Waals surface area contributed by atoms with Crippen LogP contribution in [0.5, 0.6) is 0 Å². The van der Waals surface area contributed by atoms with Gasteiger partial charge >= 0.3 is 6.09 Å². The average molecular weight is 460 g/mol. The number of anilines is 1. The topological polar surface area (TPSA) is 161 Å². The molecule has 32 heavy (non-hydrogen) atoms. The Kier molecular flexibility index (Phi) is 5.27. The second-order valence-electron chi connectivity index (χ2n) is 8.65. The van der Waals surface area contributed by atoms with Gasteiger partial charge in [0.15, 0.2) is 0 Å². The summed E-state index contributed by atoms with van der Waals surface area (Å²) in [4.78, 5) is 23.6. The van der Waals surface area contributed by atoms with Crippen LogP contribution in [-0.2, 0) is 0 Å². The summed E-state index contributed by atoms with van der Waals surface area (Å²) in [5, 5.41) is 28.2. The molecule has 1 aliphatic carbocycles. The molecular formula is C20H25N7O4S. The first-order valence-corrected chi connectivity index (χ1v) is 11.2. The van der Waals surface area contributed by atoms with Crippen LogP contribution in [0, 0.1) is 5.41 Å². The summed E-state index contributed by atoms with van der Waals surface area (Å²) < 4.78 is 7.24. The number of primary amides is 1. The van der Waals surface area contributed by atoms with Crippen molar-refractivity contribution in [2.75, 3.05) is 11.6 Å². The molecule has 0 aliphatic heterocycles. The summed E-state index contributed by atoms with van der Waals surface area (Å²) in [6.07, 6.45) is 5.27. The number of aromatic nitrogens is 4. The third-order valence-electron chi connectivity index (χ3n) is 6.66. The lowest BCUT2D eigenvalue weighted by Crippen LogP contribution is -2.56. The second kappa shape index (κ2) is 7.69. The maximum absolute atomic E-state index is 12.2. The van der Waals surface area contributed by atoms with Crippen molar-refractivity contribution in [1.29, 1.82) is 0 Å². The van der Waals surface area contributed by atoms with Gasteiger partial charge in [-0.1, -0.05) is 25.6 Å². The first kappa shape index (κ1) is 21.9. The largest absolute Gasteiger partial charge is 0.465 e. The zero-order valence-corrected chi connectivity index (χ0v) is 19.0. The molecule has 0 bridgehead atoms. The molecule has 0 unspecified atom stereocenters. The van der Waals surface area contributed by atoms with Gasteiger partial charge in [0, 0.05) is 23.2 Å². The van der Waals surface area contributed by atoms with Crippen molar-refractivity contribution in [3.8, 4) is 11.5 Å². The fourth-order valence-corrected chi connectivity index (χ4v) is 4.59. The standard InChI is InChI=1S/C20H25N7O4S/c1-19(2)13(5-6-20(19,3)24-17(29)30)23-14-11(15(21)28)8-22-27-9-10(7-12(14)27)16-25-26-18(31-16)32-4/h7-9,13,23-24H,5-6H2,1-4H3,(H2,21,28)(H,29,30)/t13-,20+/m1/s1. The van der Waals surface area contributed by atoms with Crippen LogP contribution in [0.1, 0.15) is 44.0 Å². The van der Waals surface area contributed by atoms with Crippen LogP contribution in [0.2, 0.25) is 0 Å². The van der Waals surface area contributed by atoms with Gasteiger partial charge in [-0.2, -0.15) is 5.10 Å². The lowest BCUT2D eigenvalue weighted by atomic mass is 9.74. The minimum absolute atomic E-state index is 0.131. The smallest absolute Gasteiger partial charge is 0.405 e. The van der Waals surface area contributed by atoms with Gasteiger partial charge in [-0.3, -0.25) is 4.79 Å². The molecule has 11 nitrogen and oxygen atoms in total. The van der Waals surface area contributed by atoms with E-state index < -0.39 is 23.0 Å². The van der Waals surface area contributed by atoms with Gasteiger partial charge in [-0.25, -0.2) is 9.31 Å². The fraction of sp³-hybridized carbons (Fsp3) is 0.450. The number of rotatable bonds is 6. The van der Waals surface area contributed by atoms with Gasteiger partial charge in [0.1, 0.15) is 0 Å². The maximum atomic E-state index is 12.2. The van der Waals surface area contributed by atoms with Crippen LogP contribution in [0.3, 0.4) is 0 Å². The third-order valence-corrected chi connectivity index (χ3v) is 7.17. The van der Waals surface area contributed by atoms with E-state index in [0.29, 0.717) is 40.7 Å². The molecule has 0 radical (unpaired) electrons. The quantitative estimate of drug-likeness (QED) is 0.406. The van der Waals surface area contributed by atoms with Gasteiger partial charge in [-0.15, -0.1) is 10.2 Å². The van der Waals surface area contributed by atoms with Crippen LogP contribution in [-0.4, -0.2) is 54.8 Å². The van der Waals surface area contributed by atoms with E-state index in [1.165, 1.54) is 18.0 Å². The summed E-state index contributed by atoms with van der Waals surface area (Å²) in [5.74, 6) is -0.277. The molecule has 3 aromatic rings. The number of nitrogens with one attached hydrogen (secondary N) is 2. The summed E-state index contributed by atoms with van der Waals surface area (Å²) in [6, 6.07) is 1.67. The molecule has 2 amide bonds. The highest BCUT2D eigenvalue weighted by atomic mass is 32.2. The Morgan fingerprint density at radius 3 is 2.72 bits per heavy atom. The van der Waals surface area contributed by atoms with E-state index in [2.05, 4.69) is 25.9 Å². The van der Waals surface area contributed by atoms with Crippen molar-refractivity contribution in [3.05, 3.63) is 24.0 Å². The predicted octanol–water partition coefficient (Wildman–Crippen LogP) is 2.83. The van der Waals surface area contributed by atoms with E-state index in [-0.39, 0.29) is 11.6 Å². The molecule has 2 atom stereocenters. The third kappa shape index (κ3) is 3.53. The molecule has 3 heterocycles. The number of hydrogen-bond acceptors (Lipinski definition) is 8. The molecule has 0 aromatic carbocycles. The molecule has 4 rings (SSSR count). The van der Waals surface area contributed by atoms with E-state index in [0.717, 1.165) is 0 Å². The Labute approximate surface area is 188 Å². The van der Waals surface area contributed by atoms with Crippen molar-refractivity contribution >= 4 is 35.0 Å². The van der Waals surface area contributed by atoms with E-state index in [1.807, 2.05) is 27.0 Å². The molecule has 1 fully saturated rings. The SMILES string of the molecule is CSc1nnc(-c2cc3c(N[C@@H]4CC[C@](C)(NC(=O)O)C4(C)C)c(C(N)=O)cnn3c2)o1. The molecule has 5 N–H and O–H groups in total. The molecule has 12 heteroatoms. The number of carboxylic acid groups (broad SMARTS) is 1. The number of amides is 2. The van der Waals surface area contributed by atoms with E-state index in [1.54, 1.807) is 16.8 Å². The molecule has 1 saturated carbocycles. The summed E-state index contributed by atoms with van der Waals surface area (Å²) >= 11 is 1.34. The monoisotopic (exact) mass is 459 g/mol. The number of fused-ring (bicyclic) bond motifs is 1. The fourth-order valence-electron chi connectivity index (χ4n) is 4.31. The molecule has 0 saturated heterocycles. The minimum atomic E-state index is -1.06. The molecular weight excluding hydrogens is 434 g/mol. The van der Waals surface area contributed by atoms with Gasteiger partial charge in [0.2, 0.25) is 5.89 Å². The predicted molar refractivity (Wildman–Crippen MR) is 119 cm³/mol. The van der Waals surface area contributed by atoms with Crippen LogP contribution >= 0.6 is 11.8 Å². The lowest BCUT2D eigenvalue weighted by molar-refractivity contribution is 0.100. The number of hydrogen-bond donors (Lipinski definition) is 4. The lowest BCUT2D eigenvalue weighted by Gasteiger charge is -2.42. The van der Waals surface area contributed by atoms with Gasteiger partial charge in [-0.05, 0) is 32.1 Å². The zero-order chi connectivity index (χ0) is 23.3. The average Bonchev–Trinajstić information content (AvgIpc) is 3.40.